The zero-order valence-electron chi connectivity index (χ0n) is 10.8. The highest BCUT2D eigenvalue weighted by molar-refractivity contribution is 5.78. The van der Waals surface area contributed by atoms with Crippen molar-refractivity contribution in [2.75, 3.05) is 19.6 Å². The van der Waals surface area contributed by atoms with Gasteiger partial charge in [0.2, 0.25) is 0 Å². The van der Waals surface area contributed by atoms with E-state index in [0.717, 1.165) is 31.5 Å². The molecule has 17 heavy (non-hydrogen) atoms. The van der Waals surface area contributed by atoms with Gasteiger partial charge in [0.1, 0.15) is 0 Å². The number of aliphatic imine (C=N–C) groups is 1. The molecule has 0 atom stereocenters. The Labute approximate surface area is 104 Å². The van der Waals surface area contributed by atoms with Crippen LogP contribution in [0.3, 0.4) is 0 Å². The van der Waals surface area contributed by atoms with E-state index in [0.29, 0.717) is 5.41 Å². The summed E-state index contributed by atoms with van der Waals surface area (Å²) in [7, 11) is 0. The van der Waals surface area contributed by atoms with E-state index in [1.54, 1.807) is 0 Å². The van der Waals surface area contributed by atoms with Gasteiger partial charge in [-0.2, -0.15) is 0 Å². The maximum absolute atomic E-state index is 6.15. The number of nitrogens with two attached hydrogens (primary N) is 1. The first-order valence-electron chi connectivity index (χ1n) is 7.35. The minimum Gasteiger partial charge on any atom is -0.370 e. The quantitative estimate of drug-likeness (QED) is 0.603. The molecule has 0 radical (unpaired) electrons. The van der Waals surface area contributed by atoms with Crippen LogP contribution in [0.4, 0.5) is 0 Å². The smallest absolute Gasteiger partial charge is 0.191 e. The number of hydrogen-bond donors (Lipinski definition) is 1. The standard InChI is InChI=1S/C14H25N3/c15-13(17-9-3-1-2-4-10-17)16-11-14(7-8-14)12-5-6-12/h12H,1-11H2,(H2,15,16). The largest absolute Gasteiger partial charge is 0.370 e. The van der Waals surface area contributed by atoms with Crippen LogP contribution < -0.4 is 5.73 Å². The first-order chi connectivity index (χ1) is 8.30. The van der Waals surface area contributed by atoms with Crippen LogP contribution in [-0.4, -0.2) is 30.5 Å². The molecule has 2 aliphatic carbocycles. The molecule has 0 bridgehead atoms. The number of nitrogens with zero attached hydrogens (tertiary/aromatic N) is 2. The highest BCUT2D eigenvalue weighted by atomic mass is 15.2. The molecule has 1 saturated heterocycles. The fourth-order valence-electron chi connectivity index (χ4n) is 3.19. The molecule has 0 amide bonds. The van der Waals surface area contributed by atoms with Gasteiger partial charge in [-0.15, -0.1) is 0 Å². The number of rotatable bonds is 3. The Balaban J connectivity index is 1.55. The molecule has 3 aliphatic rings. The first-order valence-corrected chi connectivity index (χ1v) is 7.35. The van der Waals surface area contributed by atoms with E-state index in [-0.39, 0.29) is 0 Å². The van der Waals surface area contributed by atoms with Gasteiger partial charge >= 0.3 is 0 Å². The molecule has 3 heteroatoms. The van der Waals surface area contributed by atoms with Gasteiger partial charge in [0.25, 0.3) is 0 Å². The van der Waals surface area contributed by atoms with E-state index in [1.165, 1.54) is 51.4 Å². The summed E-state index contributed by atoms with van der Waals surface area (Å²) >= 11 is 0. The average Bonchev–Trinajstić information content (AvgIpc) is 3.23. The molecule has 1 aliphatic heterocycles. The summed E-state index contributed by atoms with van der Waals surface area (Å²) < 4.78 is 0. The molecule has 96 valence electrons. The summed E-state index contributed by atoms with van der Waals surface area (Å²) in [6, 6.07) is 0. The van der Waals surface area contributed by atoms with Gasteiger partial charge in [-0.05, 0) is 49.9 Å². The zero-order chi connectivity index (χ0) is 11.7. The van der Waals surface area contributed by atoms with Crippen molar-refractivity contribution >= 4 is 5.96 Å². The average molecular weight is 235 g/mol. The highest BCUT2D eigenvalue weighted by Crippen LogP contribution is 2.61. The highest BCUT2D eigenvalue weighted by Gasteiger charge is 2.53. The fourth-order valence-corrected chi connectivity index (χ4v) is 3.19. The van der Waals surface area contributed by atoms with Crippen LogP contribution in [0.15, 0.2) is 4.99 Å². The predicted molar refractivity (Wildman–Crippen MR) is 70.9 cm³/mol. The molecular formula is C14H25N3. The predicted octanol–water partition coefficient (Wildman–Crippen LogP) is 2.37. The lowest BCUT2D eigenvalue weighted by atomic mass is 10.0. The second-order valence-corrected chi connectivity index (χ2v) is 6.21. The van der Waals surface area contributed by atoms with Gasteiger partial charge < -0.3 is 10.6 Å². The van der Waals surface area contributed by atoms with E-state index in [4.69, 9.17) is 10.7 Å². The Kier molecular flexibility index (Phi) is 3.01. The molecule has 2 N–H and O–H groups in total. The van der Waals surface area contributed by atoms with Gasteiger partial charge in [0.05, 0.1) is 0 Å². The second-order valence-electron chi connectivity index (χ2n) is 6.21. The van der Waals surface area contributed by atoms with Gasteiger partial charge in [0.15, 0.2) is 5.96 Å². The van der Waals surface area contributed by atoms with E-state index < -0.39 is 0 Å². The van der Waals surface area contributed by atoms with Gasteiger partial charge in [0, 0.05) is 19.6 Å². The molecule has 0 spiro atoms. The Bertz CT molecular complexity index is 295. The van der Waals surface area contributed by atoms with Gasteiger partial charge in [-0.1, -0.05) is 12.8 Å². The summed E-state index contributed by atoms with van der Waals surface area (Å²) in [6.45, 7) is 3.23. The van der Waals surface area contributed by atoms with E-state index in [1.807, 2.05) is 0 Å². The van der Waals surface area contributed by atoms with Gasteiger partial charge in [-0.25, -0.2) is 0 Å². The lowest BCUT2D eigenvalue weighted by molar-refractivity contribution is 0.415. The second kappa shape index (κ2) is 4.51. The fraction of sp³-hybridized carbons (Fsp3) is 0.929. The Morgan fingerprint density at radius 1 is 1.12 bits per heavy atom. The normalized spacial score (nSPS) is 28.9. The lowest BCUT2D eigenvalue weighted by Crippen LogP contribution is -2.38. The van der Waals surface area contributed by atoms with Gasteiger partial charge in [-0.3, -0.25) is 4.99 Å². The van der Waals surface area contributed by atoms with Crippen molar-refractivity contribution in [3.8, 4) is 0 Å². The van der Waals surface area contributed by atoms with Crippen LogP contribution in [-0.2, 0) is 0 Å². The molecule has 2 saturated carbocycles. The van der Waals surface area contributed by atoms with E-state index in [9.17, 15) is 0 Å². The van der Waals surface area contributed by atoms with Crippen molar-refractivity contribution in [3.05, 3.63) is 0 Å². The molecule has 3 fully saturated rings. The number of likely N-dealkylation sites (tertiary alicyclic amines) is 1. The minimum absolute atomic E-state index is 0.594. The Morgan fingerprint density at radius 3 is 2.29 bits per heavy atom. The van der Waals surface area contributed by atoms with Crippen LogP contribution in [0.1, 0.15) is 51.4 Å². The molecule has 1 heterocycles. The summed E-state index contributed by atoms with van der Waals surface area (Å²) in [5.74, 6) is 1.81. The Morgan fingerprint density at radius 2 is 1.76 bits per heavy atom. The van der Waals surface area contributed by atoms with Crippen molar-refractivity contribution in [1.29, 1.82) is 0 Å². The molecular weight excluding hydrogens is 210 g/mol. The van der Waals surface area contributed by atoms with Crippen molar-refractivity contribution in [1.82, 2.24) is 4.90 Å². The third-order valence-corrected chi connectivity index (χ3v) is 4.82. The molecule has 0 aromatic rings. The topological polar surface area (TPSA) is 41.6 Å². The Hall–Kier alpha value is -0.730. The monoisotopic (exact) mass is 235 g/mol. The molecule has 3 nitrogen and oxygen atoms in total. The first kappa shape index (κ1) is 11.4. The van der Waals surface area contributed by atoms with Crippen molar-refractivity contribution in [2.24, 2.45) is 22.1 Å². The molecule has 0 aromatic heterocycles. The minimum atomic E-state index is 0.594. The SMILES string of the molecule is NC(=NCC1(C2CC2)CC1)N1CCCCCC1. The number of hydrogen-bond acceptors (Lipinski definition) is 1. The van der Waals surface area contributed by atoms with E-state index >= 15 is 0 Å². The van der Waals surface area contributed by atoms with Crippen molar-refractivity contribution < 1.29 is 0 Å². The van der Waals surface area contributed by atoms with E-state index in [2.05, 4.69) is 4.90 Å². The van der Waals surface area contributed by atoms with Crippen molar-refractivity contribution in [2.45, 2.75) is 51.4 Å². The van der Waals surface area contributed by atoms with Crippen LogP contribution in [0.2, 0.25) is 0 Å². The zero-order valence-corrected chi connectivity index (χ0v) is 10.8. The molecule has 3 rings (SSSR count). The van der Waals surface area contributed by atoms with Crippen LogP contribution >= 0.6 is 0 Å². The summed E-state index contributed by atoms with van der Waals surface area (Å²) in [6.07, 6.45) is 11.0. The maximum Gasteiger partial charge on any atom is 0.191 e. The lowest BCUT2D eigenvalue weighted by Gasteiger charge is -2.22. The molecule has 0 aromatic carbocycles. The van der Waals surface area contributed by atoms with Crippen LogP contribution in [0.25, 0.3) is 0 Å². The van der Waals surface area contributed by atoms with Crippen LogP contribution in [0, 0.1) is 11.3 Å². The molecule has 0 unspecified atom stereocenters. The maximum atomic E-state index is 6.15. The number of guanidine groups is 1. The van der Waals surface area contributed by atoms with Crippen LogP contribution in [0.5, 0.6) is 0 Å². The summed E-state index contributed by atoms with van der Waals surface area (Å²) in [5, 5.41) is 0. The van der Waals surface area contributed by atoms with Crippen molar-refractivity contribution in [3.63, 3.8) is 0 Å². The summed E-state index contributed by atoms with van der Waals surface area (Å²) in [4.78, 5) is 7.01. The third-order valence-electron chi connectivity index (χ3n) is 4.82. The third kappa shape index (κ3) is 2.58. The summed E-state index contributed by atoms with van der Waals surface area (Å²) in [5.41, 5.74) is 6.74.